The number of halogens is 3. The first-order valence-corrected chi connectivity index (χ1v) is 7.86. The Balaban J connectivity index is 1.80. The molecule has 0 radical (unpaired) electrons. The van der Waals surface area contributed by atoms with Crippen LogP contribution in [0.1, 0.15) is 37.2 Å². The van der Waals surface area contributed by atoms with Gasteiger partial charge in [0.15, 0.2) is 0 Å². The van der Waals surface area contributed by atoms with Gasteiger partial charge in [-0.15, -0.1) is 19.8 Å². The lowest BCUT2D eigenvalue weighted by Crippen LogP contribution is -2.17. The molecule has 3 rings (SSSR count). The zero-order valence-corrected chi connectivity index (χ0v) is 12.8. The first kappa shape index (κ1) is 15.9. The molecule has 1 fully saturated rings. The van der Waals surface area contributed by atoms with Crippen molar-refractivity contribution in [2.75, 3.05) is 0 Å². The number of ether oxygens (including phenoxy) is 1. The molecule has 1 aliphatic carbocycles. The summed E-state index contributed by atoms with van der Waals surface area (Å²) in [7, 11) is 0. The van der Waals surface area contributed by atoms with Gasteiger partial charge in [0.25, 0.3) is 0 Å². The SMILES string of the molecule is C=CC1CCC(c2ccc3cc(OC(F)(F)F)ccc3c2)CC1. The predicted octanol–water partition coefficient (Wildman–Crippen LogP) is 6.20. The van der Waals surface area contributed by atoms with Gasteiger partial charge in [0.1, 0.15) is 5.75 Å². The van der Waals surface area contributed by atoms with Crippen molar-refractivity contribution in [3.8, 4) is 5.75 Å². The third kappa shape index (κ3) is 3.87. The Morgan fingerprint density at radius 2 is 1.61 bits per heavy atom. The van der Waals surface area contributed by atoms with Crippen molar-refractivity contribution in [1.82, 2.24) is 0 Å². The van der Waals surface area contributed by atoms with Crippen molar-refractivity contribution in [1.29, 1.82) is 0 Å². The highest BCUT2D eigenvalue weighted by Crippen LogP contribution is 2.37. The van der Waals surface area contributed by atoms with Crippen LogP contribution in [0, 0.1) is 5.92 Å². The number of allylic oxidation sites excluding steroid dienone is 1. The Kier molecular flexibility index (Phi) is 4.33. The van der Waals surface area contributed by atoms with Gasteiger partial charge in [0, 0.05) is 0 Å². The molecule has 1 aliphatic rings. The number of fused-ring (bicyclic) bond motifs is 1. The van der Waals surface area contributed by atoms with Gasteiger partial charge in [-0.25, -0.2) is 0 Å². The second-order valence-corrected chi connectivity index (χ2v) is 6.16. The van der Waals surface area contributed by atoms with Gasteiger partial charge < -0.3 is 4.74 Å². The summed E-state index contributed by atoms with van der Waals surface area (Å²) in [6, 6.07) is 10.5. The number of benzene rings is 2. The van der Waals surface area contributed by atoms with E-state index in [2.05, 4.69) is 17.4 Å². The van der Waals surface area contributed by atoms with Crippen molar-refractivity contribution in [2.45, 2.75) is 38.0 Å². The minimum atomic E-state index is -4.66. The largest absolute Gasteiger partial charge is 0.573 e. The van der Waals surface area contributed by atoms with Crippen LogP contribution in [-0.2, 0) is 0 Å². The van der Waals surface area contributed by atoms with Gasteiger partial charge in [0.2, 0.25) is 0 Å². The summed E-state index contributed by atoms with van der Waals surface area (Å²) in [6.45, 7) is 3.86. The molecule has 1 nitrogen and oxygen atoms in total. The van der Waals surface area contributed by atoms with E-state index >= 15 is 0 Å². The Bertz CT molecular complexity index is 697. The zero-order chi connectivity index (χ0) is 16.4. The van der Waals surface area contributed by atoms with Crippen LogP contribution >= 0.6 is 0 Å². The first-order valence-electron chi connectivity index (χ1n) is 7.86. The van der Waals surface area contributed by atoms with Crippen LogP contribution < -0.4 is 4.74 Å². The molecule has 1 saturated carbocycles. The van der Waals surface area contributed by atoms with Crippen LogP contribution in [0.25, 0.3) is 10.8 Å². The molecule has 0 aliphatic heterocycles. The maximum absolute atomic E-state index is 12.3. The summed E-state index contributed by atoms with van der Waals surface area (Å²) >= 11 is 0. The average Bonchev–Trinajstić information content (AvgIpc) is 2.53. The molecule has 122 valence electrons. The molecule has 0 N–H and O–H groups in total. The molecule has 0 atom stereocenters. The summed E-state index contributed by atoms with van der Waals surface area (Å²) in [5.74, 6) is 0.972. The van der Waals surface area contributed by atoms with Crippen LogP contribution in [0.5, 0.6) is 5.75 Å². The van der Waals surface area contributed by atoms with Gasteiger partial charge in [-0.3, -0.25) is 0 Å². The zero-order valence-electron chi connectivity index (χ0n) is 12.8. The third-order valence-corrected chi connectivity index (χ3v) is 4.65. The van der Waals surface area contributed by atoms with Crippen LogP contribution in [0.3, 0.4) is 0 Å². The van der Waals surface area contributed by atoms with E-state index < -0.39 is 6.36 Å². The Morgan fingerprint density at radius 1 is 0.957 bits per heavy atom. The van der Waals surface area contributed by atoms with Crippen LogP contribution in [0.15, 0.2) is 49.1 Å². The van der Waals surface area contributed by atoms with Crippen molar-refractivity contribution >= 4 is 10.8 Å². The monoisotopic (exact) mass is 320 g/mol. The summed E-state index contributed by atoms with van der Waals surface area (Å²) in [5, 5.41) is 1.71. The summed E-state index contributed by atoms with van der Waals surface area (Å²) in [4.78, 5) is 0. The van der Waals surface area contributed by atoms with E-state index in [1.807, 2.05) is 18.2 Å². The van der Waals surface area contributed by atoms with Crippen LogP contribution in [-0.4, -0.2) is 6.36 Å². The highest BCUT2D eigenvalue weighted by Gasteiger charge is 2.31. The maximum atomic E-state index is 12.3. The lowest BCUT2D eigenvalue weighted by atomic mass is 9.78. The van der Waals surface area contributed by atoms with Gasteiger partial charge >= 0.3 is 6.36 Å². The highest BCUT2D eigenvalue weighted by atomic mass is 19.4. The molecule has 0 heterocycles. The Labute approximate surface area is 133 Å². The molecular formula is C19H19F3O. The molecule has 23 heavy (non-hydrogen) atoms. The smallest absolute Gasteiger partial charge is 0.406 e. The van der Waals surface area contributed by atoms with Crippen LogP contribution in [0.2, 0.25) is 0 Å². The summed E-state index contributed by atoms with van der Waals surface area (Å²) in [5.41, 5.74) is 1.27. The van der Waals surface area contributed by atoms with Crippen LogP contribution in [0.4, 0.5) is 13.2 Å². The second kappa shape index (κ2) is 6.26. The molecule has 0 saturated heterocycles. The van der Waals surface area contributed by atoms with E-state index in [0.29, 0.717) is 11.8 Å². The topological polar surface area (TPSA) is 9.23 Å². The van der Waals surface area contributed by atoms with Crippen molar-refractivity contribution in [2.24, 2.45) is 5.92 Å². The van der Waals surface area contributed by atoms with Gasteiger partial charge in [-0.05, 0) is 66.0 Å². The fourth-order valence-electron chi connectivity index (χ4n) is 3.38. The van der Waals surface area contributed by atoms with Gasteiger partial charge in [0.05, 0.1) is 0 Å². The lowest BCUT2D eigenvalue weighted by molar-refractivity contribution is -0.274. The van der Waals surface area contributed by atoms with E-state index in [0.717, 1.165) is 36.5 Å². The molecular weight excluding hydrogens is 301 g/mol. The standard InChI is InChI=1S/C19H19F3O/c1-2-13-3-5-14(6-4-13)15-7-8-17-12-18(23-19(20,21)22)10-9-16(17)11-15/h2,7-14H,1,3-6H2. The average molecular weight is 320 g/mol. The summed E-state index contributed by atoms with van der Waals surface area (Å²) < 4.78 is 40.8. The maximum Gasteiger partial charge on any atom is 0.573 e. The Hall–Kier alpha value is -1.97. The fourth-order valence-corrected chi connectivity index (χ4v) is 3.38. The number of hydrogen-bond donors (Lipinski definition) is 0. The normalized spacial score (nSPS) is 22.0. The van der Waals surface area contributed by atoms with E-state index in [4.69, 9.17) is 0 Å². The molecule has 0 amide bonds. The van der Waals surface area contributed by atoms with Gasteiger partial charge in [-0.2, -0.15) is 0 Å². The fraction of sp³-hybridized carbons (Fsp3) is 0.368. The molecule has 0 aromatic heterocycles. The summed E-state index contributed by atoms with van der Waals surface area (Å²) in [6.07, 6.45) is 1.97. The second-order valence-electron chi connectivity index (χ2n) is 6.16. The molecule has 0 bridgehead atoms. The third-order valence-electron chi connectivity index (χ3n) is 4.65. The molecule has 0 spiro atoms. The van der Waals surface area contributed by atoms with Crippen molar-refractivity contribution in [3.63, 3.8) is 0 Å². The predicted molar refractivity (Wildman–Crippen MR) is 85.5 cm³/mol. The minimum Gasteiger partial charge on any atom is -0.406 e. The number of hydrogen-bond acceptors (Lipinski definition) is 1. The molecule has 2 aromatic rings. The molecule has 2 aromatic carbocycles. The molecule has 0 unspecified atom stereocenters. The van der Waals surface area contributed by atoms with E-state index in [9.17, 15) is 13.2 Å². The van der Waals surface area contributed by atoms with Gasteiger partial charge in [-0.1, -0.05) is 30.3 Å². The minimum absolute atomic E-state index is 0.177. The highest BCUT2D eigenvalue weighted by molar-refractivity contribution is 5.84. The number of alkyl halides is 3. The van der Waals surface area contributed by atoms with Crippen molar-refractivity contribution in [3.05, 3.63) is 54.6 Å². The van der Waals surface area contributed by atoms with E-state index in [1.165, 1.54) is 17.7 Å². The Morgan fingerprint density at radius 3 is 2.26 bits per heavy atom. The molecule has 4 heteroatoms. The van der Waals surface area contributed by atoms with E-state index in [-0.39, 0.29) is 5.75 Å². The number of rotatable bonds is 3. The van der Waals surface area contributed by atoms with E-state index in [1.54, 1.807) is 6.07 Å². The first-order chi connectivity index (χ1) is 10.9. The quantitative estimate of drug-likeness (QED) is 0.612. The van der Waals surface area contributed by atoms with Crippen molar-refractivity contribution < 1.29 is 17.9 Å². The lowest BCUT2D eigenvalue weighted by Gasteiger charge is -2.27.